The van der Waals surface area contributed by atoms with Crippen molar-refractivity contribution in [2.75, 3.05) is 26.4 Å². The molecule has 14 nitrogen and oxygen atoms in total. The summed E-state index contributed by atoms with van der Waals surface area (Å²) in [6.45, 7) is 15.9. The minimum Gasteiger partial charge on any atom is -0.491 e. The number of nitrogens with zero attached hydrogens (tertiary/aromatic N) is 3. The van der Waals surface area contributed by atoms with Crippen molar-refractivity contribution in [2.45, 2.75) is 98.7 Å². The molecule has 2 aliphatic rings. The number of likely N-dealkylation sites (tertiary alicyclic amines) is 1. The van der Waals surface area contributed by atoms with E-state index in [0.717, 1.165) is 32.8 Å². The fourth-order valence-corrected chi connectivity index (χ4v) is 10.8. The number of aliphatic hydroxyl groups excluding tert-OH is 1. The predicted octanol–water partition coefficient (Wildman–Crippen LogP) is 8.13. The Hall–Kier alpha value is -6.31. The summed E-state index contributed by atoms with van der Waals surface area (Å²) in [6, 6.07) is 27.8. The maximum atomic E-state index is 14.0. The highest BCUT2D eigenvalue weighted by atomic mass is 35.5. The van der Waals surface area contributed by atoms with E-state index >= 15 is 0 Å². The van der Waals surface area contributed by atoms with Gasteiger partial charge in [-0.25, -0.2) is 4.98 Å². The molecule has 4 aromatic carbocycles. The number of aryl methyl sites for hydroxylation is 1. The van der Waals surface area contributed by atoms with Gasteiger partial charge in [-0.2, -0.15) is 5.26 Å². The zero-order valence-electron chi connectivity index (χ0n) is 40.8. The average Bonchev–Trinajstić information content (AvgIpc) is 3.95. The second-order valence-electron chi connectivity index (χ2n) is 20.2. The van der Waals surface area contributed by atoms with Gasteiger partial charge in [-0.3, -0.25) is 19.2 Å². The van der Waals surface area contributed by atoms with Crippen LogP contribution in [-0.2, 0) is 25.7 Å². The average molecular weight is 990 g/mol. The van der Waals surface area contributed by atoms with E-state index in [4.69, 9.17) is 25.8 Å². The normalized spacial score (nSPS) is 19.5. The molecular formula is C54H61ClN6O8S. The van der Waals surface area contributed by atoms with Gasteiger partial charge in [-0.05, 0) is 71.0 Å². The minimum absolute atomic E-state index is 0.0285. The molecule has 3 atom stereocenters. The van der Waals surface area contributed by atoms with E-state index < -0.39 is 46.2 Å². The summed E-state index contributed by atoms with van der Waals surface area (Å²) in [5.74, 6) is -0.343. The lowest BCUT2D eigenvalue weighted by atomic mass is 9.49. The van der Waals surface area contributed by atoms with Gasteiger partial charge in [0, 0.05) is 48.0 Å². The van der Waals surface area contributed by atoms with Crippen molar-refractivity contribution >= 4 is 46.6 Å². The van der Waals surface area contributed by atoms with Gasteiger partial charge >= 0.3 is 0 Å². The quantitative estimate of drug-likeness (QED) is 0.0662. The summed E-state index contributed by atoms with van der Waals surface area (Å²) < 4.78 is 17.9. The molecule has 70 heavy (non-hydrogen) atoms. The number of thiazole rings is 1. The molecule has 5 aromatic rings. The molecule has 16 heteroatoms. The number of β-amino-alcohol motifs (C(OH)–C–C–N with tert-alkyl or cyclic N) is 1. The molecule has 1 aliphatic heterocycles. The third kappa shape index (κ3) is 11.6. The Balaban J connectivity index is 0.839. The van der Waals surface area contributed by atoms with E-state index in [1.165, 1.54) is 4.90 Å². The molecule has 1 unspecified atom stereocenters. The van der Waals surface area contributed by atoms with Crippen molar-refractivity contribution in [2.24, 2.45) is 16.2 Å². The van der Waals surface area contributed by atoms with Crippen LogP contribution in [0.3, 0.4) is 0 Å². The van der Waals surface area contributed by atoms with Gasteiger partial charge in [0.2, 0.25) is 17.7 Å². The molecule has 2 heterocycles. The molecule has 4 N–H and O–H groups in total. The van der Waals surface area contributed by atoms with Crippen LogP contribution in [0.1, 0.15) is 82.1 Å². The Morgan fingerprint density at radius 1 is 0.914 bits per heavy atom. The van der Waals surface area contributed by atoms with E-state index in [1.807, 2.05) is 93.9 Å². The van der Waals surface area contributed by atoms with Gasteiger partial charge in [-0.15, -0.1) is 11.3 Å². The smallest absolute Gasteiger partial charge is 0.251 e. The van der Waals surface area contributed by atoms with Gasteiger partial charge in [0.25, 0.3) is 5.91 Å². The summed E-state index contributed by atoms with van der Waals surface area (Å²) in [5, 5.41) is 29.1. The summed E-state index contributed by atoms with van der Waals surface area (Å²) in [4.78, 5) is 60.9. The Bertz CT molecular complexity index is 2710. The van der Waals surface area contributed by atoms with Crippen LogP contribution < -0.4 is 25.4 Å². The molecule has 1 aromatic heterocycles. The molecule has 0 bridgehead atoms. The number of halogens is 1. The van der Waals surface area contributed by atoms with Crippen molar-refractivity contribution in [3.05, 3.63) is 124 Å². The van der Waals surface area contributed by atoms with Crippen LogP contribution in [0.5, 0.6) is 11.5 Å². The number of nitriles is 1. The maximum Gasteiger partial charge on any atom is 0.251 e. The Morgan fingerprint density at radius 3 is 2.14 bits per heavy atom. The second kappa shape index (κ2) is 21.4. The summed E-state index contributed by atoms with van der Waals surface area (Å²) in [5.41, 5.74) is 5.95. The number of rotatable bonds is 17. The van der Waals surface area contributed by atoms with Gasteiger partial charge in [0.05, 0.1) is 39.4 Å². The number of ether oxygens (including phenoxy) is 3. The number of aromatic nitrogens is 1. The third-order valence-corrected chi connectivity index (χ3v) is 14.5. The maximum absolute atomic E-state index is 14.0. The first-order valence-electron chi connectivity index (χ1n) is 23.3. The van der Waals surface area contributed by atoms with Crippen LogP contribution in [0, 0.1) is 34.5 Å². The van der Waals surface area contributed by atoms with Gasteiger partial charge < -0.3 is 40.2 Å². The number of hydrogen-bond acceptors (Lipinski definition) is 11. The predicted molar refractivity (Wildman–Crippen MR) is 269 cm³/mol. The number of benzene rings is 4. The largest absolute Gasteiger partial charge is 0.491 e. The summed E-state index contributed by atoms with van der Waals surface area (Å²) in [7, 11) is 0. The number of nitrogens with one attached hydrogen (secondary N) is 3. The van der Waals surface area contributed by atoms with Crippen molar-refractivity contribution in [3.63, 3.8) is 0 Å². The molecule has 1 saturated heterocycles. The number of aliphatic hydroxyl groups is 1. The van der Waals surface area contributed by atoms with Crippen LogP contribution in [-0.4, -0.2) is 95.3 Å². The first kappa shape index (κ1) is 51.5. The van der Waals surface area contributed by atoms with Gasteiger partial charge in [0.1, 0.15) is 49.0 Å². The van der Waals surface area contributed by atoms with E-state index in [-0.39, 0.29) is 63.3 Å². The molecule has 1 aliphatic carbocycles. The molecule has 7 rings (SSSR count). The zero-order chi connectivity index (χ0) is 50.5. The number of carbonyl (C=O) groups excluding carboxylic acids is 4. The zero-order valence-corrected chi connectivity index (χ0v) is 42.4. The highest BCUT2D eigenvalue weighted by molar-refractivity contribution is 7.13. The minimum atomic E-state index is -0.986. The van der Waals surface area contributed by atoms with E-state index in [1.54, 1.807) is 41.7 Å². The van der Waals surface area contributed by atoms with Crippen molar-refractivity contribution in [1.82, 2.24) is 25.8 Å². The molecule has 1 saturated carbocycles. The molecule has 368 valence electrons. The molecular weight excluding hydrogens is 928 g/mol. The Labute approximate surface area is 418 Å². The van der Waals surface area contributed by atoms with Crippen molar-refractivity contribution in [3.8, 4) is 39.1 Å². The SMILES string of the molecule is Cc1ncsc1-c1ccc(CNC(=O)[C@@H]2C[C@@H](O)CN2C(=O)C(NC(=O)COCCOc2ccc(-c3ccc(C(=O)NC4C(C)(C)C(Oc5ccc(C#N)c(Cl)c5)C4(C)C)cc3)cc2)C(C)(C)C)cc1. The molecule has 4 amide bonds. The number of carbonyl (C=O) groups is 4. The van der Waals surface area contributed by atoms with E-state index in [2.05, 4.69) is 54.7 Å². The lowest BCUT2D eigenvalue weighted by Gasteiger charge is -2.63. The first-order valence-corrected chi connectivity index (χ1v) is 24.6. The van der Waals surface area contributed by atoms with Crippen LogP contribution in [0.25, 0.3) is 21.6 Å². The molecule has 0 spiro atoms. The number of amides is 4. The lowest BCUT2D eigenvalue weighted by molar-refractivity contribution is -0.164. The van der Waals surface area contributed by atoms with Crippen LogP contribution in [0.4, 0.5) is 0 Å². The van der Waals surface area contributed by atoms with Crippen LogP contribution in [0.2, 0.25) is 5.02 Å². The Morgan fingerprint density at radius 2 is 1.54 bits per heavy atom. The highest BCUT2D eigenvalue weighted by Crippen LogP contribution is 2.55. The van der Waals surface area contributed by atoms with E-state index in [0.29, 0.717) is 27.6 Å². The fraction of sp³-hybridized carbons (Fsp3) is 0.407. The van der Waals surface area contributed by atoms with Crippen LogP contribution >= 0.6 is 22.9 Å². The molecule has 2 fully saturated rings. The lowest BCUT2D eigenvalue weighted by Crippen LogP contribution is -2.74. The number of hydrogen-bond donors (Lipinski definition) is 4. The van der Waals surface area contributed by atoms with Gasteiger partial charge in [-0.1, -0.05) is 109 Å². The first-order chi connectivity index (χ1) is 33.2. The summed E-state index contributed by atoms with van der Waals surface area (Å²) >= 11 is 7.82. The van der Waals surface area contributed by atoms with Gasteiger partial charge in [0.15, 0.2) is 0 Å². The third-order valence-electron chi connectivity index (χ3n) is 13.2. The fourth-order valence-electron chi connectivity index (χ4n) is 9.73. The Kier molecular flexibility index (Phi) is 15.7. The highest BCUT2D eigenvalue weighted by Gasteiger charge is 2.64. The van der Waals surface area contributed by atoms with Crippen LogP contribution in [0.15, 0.2) is 96.5 Å². The van der Waals surface area contributed by atoms with Crippen molar-refractivity contribution in [1.29, 1.82) is 5.26 Å². The van der Waals surface area contributed by atoms with E-state index in [9.17, 15) is 29.5 Å². The molecule has 0 radical (unpaired) electrons. The van der Waals surface area contributed by atoms with Crippen molar-refractivity contribution < 1.29 is 38.5 Å². The summed E-state index contributed by atoms with van der Waals surface area (Å²) in [6.07, 6.45) is -1.02. The standard InChI is InChI=1S/C54H61ClN6O8S/c1-32-45(70-31-58-32)36-11-9-33(10-12-36)28-57-48(65)43-25-39(62)29-61(43)49(66)46(52(2,3)4)59-44(63)30-67-23-24-68-40-20-17-35(18-21-40)34-13-15-37(16-14-34)47(64)60-50-53(5,6)51(54(50,7)8)69-41-22-19-38(27-56)42(55)26-41/h9-22,26,31,39,43,46,50-51,62H,23-25,28-30H2,1-8H3,(H,57,65)(H,59,63)(H,60,64)/t39-,43+,46?,50?,51?/m1/s1. The monoisotopic (exact) mass is 988 g/mol. The second-order valence-corrected chi connectivity index (χ2v) is 21.5. The topological polar surface area (TPSA) is 192 Å².